The molecule has 1 aromatic carbocycles. The molecule has 0 radical (unpaired) electrons. The monoisotopic (exact) mass is 652 g/mol. The Morgan fingerprint density at radius 2 is 1.87 bits per heavy atom. The lowest BCUT2D eigenvalue weighted by molar-refractivity contribution is -0.132. The largest absolute Gasteiger partial charge is 0.468 e. The molecule has 2 aromatic rings. The zero-order valence-corrected chi connectivity index (χ0v) is 23.9. The summed E-state index contributed by atoms with van der Waals surface area (Å²) in [5.74, 6) is 0.662. The number of ether oxygens (including phenoxy) is 3. The highest BCUT2D eigenvalue weighted by molar-refractivity contribution is 14.1. The number of nitrogens with zero attached hydrogens (tertiary/aromatic N) is 4. The molecule has 1 aromatic heterocycles. The zero-order chi connectivity index (χ0) is 27.8. The first-order valence-corrected chi connectivity index (χ1v) is 14.0. The average Bonchev–Trinajstić information content (AvgIpc) is 3.31. The van der Waals surface area contributed by atoms with E-state index in [1.165, 1.54) is 0 Å². The van der Waals surface area contributed by atoms with Crippen LogP contribution in [0.15, 0.2) is 29.3 Å². The van der Waals surface area contributed by atoms with Crippen LogP contribution in [0.25, 0.3) is 0 Å². The predicted octanol–water partition coefficient (Wildman–Crippen LogP) is 0.868. The van der Waals surface area contributed by atoms with Gasteiger partial charge in [0.05, 0.1) is 30.9 Å². The van der Waals surface area contributed by atoms with Crippen molar-refractivity contribution in [2.24, 2.45) is 4.99 Å². The van der Waals surface area contributed by atoms with E-state index in [9.17, 15) is 9.59 Å². The molecular formula is C25H33IN8O5. The Labute approximate surface area is 240 Å². The van der Waals surface area contributed by atoms with Crippen molar-refractivity contribution in [2.75, 3.05) is 58.2 Å². The van der Waals surface area contributed by atoms with Gasteiger partial charge in [-0.1, -0.05) is 34.7 Å². The summed E-state index contributed by atoms with van der Waals surface area (Å²) in [6.45, 7) is 2.92. The van der Waals surface area contributed by atoms with Gasteiger partial charge in [0.2, 0.25) is 5.91 Å². The van der Waals surface area contributed by atoms with Crippen molar-refractivity contribution >= 4 is 52.0 Å². The van der Waals surface area contributed by atoms with Crippen molar-refractivity contribution in [1.82, 2.24) is 25.5 Å². The molecule has 1 spiro atoms. The van der Waals surface area contributed by atoms with Crippen molar-refractivity contribution in [2.45, 2.75) is 29.2 Å². The Morgan fingerprint density at radius 3 is 2.56 bits per heavy atom. The number of aromatic nitrogens is 2. The third-order valence-electron chi connectivity index (χ3n) is 6.64. The number of carbonyl (C=O) groups is 2. The van der Waals surface area contributed by atoms with E-state index in [1.807, 2.05) is 29.2 Å². The number of anilines is 2. The first-order valence-electron chi connectivity index (χ1n) is 12.5. The van der Waals surface area contributed by atoms with Gasteiger partial charge in [0.1, 0.15) is 11.6 Å². The van der Waals surface area contributed by atoms with E-state index in [0.717, 1.165) is 18.4 Å². The number of hydrogen-bond donors (Lipinski definition) is 4. The van der Waals surface area contributed by atoms with E-state index < -0.39 is 5.91 Å². The van der Waals surface area contributed by atoms with Crippen LogP contribution in [-0.4, -0.2) is 84.9 Å². The maximum absolute atomic E-state index is 12.9. The van der Waals surface area contributed by atoms with Crippen molar-refractivity contribution in [3.63, 3.8) is 0 Å². The molecule has 0 unspecified atom stereocenters. The van der Waals surface area contributed by atoms with Gasteiger partial charge in [0.15, 0.2) is 24.3 Å². The number of likely N-dealkylation sites (tertiary alicyclic amines) is 1. The summed E-state index contributed by atoms with van der Waals surface area (Å²) in [5.41, 5.74) is 12.7. The number of aliphatic imine (C=N–C) groups is 1. The second kappa shape index (κ2) is 13.2. The molecule has 3 heterocycles. The van der Waals surface area contributed by atoms with E-state index in [-0.39, 0.29) is 35.6 Å². The van der Waals surface area contributed by atoms with Gasteiger partial charge in [0, 0.05) is 31.2 Å². The molecule has 13 nitrogen and oxygen atoms in total. The topological polar surface area (TPSA) is 179 Å². The summed E-state index contributed by atoms with van der Waals surface area (Å²) in [5, 5.41) is 6.51. The number of nitrogen functional groups attached to an aromatic ring is 2. The summed E-state index contributed by atoms with van der Waals surface area (Å²) in [4.78, 5) is 39.9. The predicted molar refractivity (Wildman–Crippen MR) is 153 cm³/mol. The number of halogens is 1. The minimum absolute atomic E-state index is 0.0247. The van der Waals surface area contributed by atoms with Crippen molar-refractivity contribution in [1.29, 1.82) is 0 Å². The minimum atomic E-state index is -0.596. The lowest BCUT2D eigenvalue weighted by Gasteiger charge is -2.38. The van der Waals surface area contributed by atoms with Gasteiger partial charge in [-0.15, -0.1) is 0 Å². The molecule has 39 heavy (non-hydrogen) atoms. The maximum Gasteiger partial charge on any atom is 0.302 e. The van der Waals surface area contributed by atoms with Crippen LogP contribution in [0.4, 0.5) is 11.6 Å². The third-order valence-corrected chi connectivity index (χ3v) is 7.36. The van der Waals surface area contributed by atoms with Gasteiger partial charge in [-0.05, 0) is 30.5 Å². The number of nitrogens with one attached hydrogen (secondary N) is 2. The number of benzene rings is 1. The molecule has 0 atom stereocenters. The van der Waals surface area contributed by atoms with Crippen LogP contribution < -0.4 is 26.8 Å². The lowest BCUT2D eigenvalue weighted by Crippen LogP contribution is -2.54. The first kappa shape index (κ1) is 28.8. The van der Waals surface area contributed by atoms with Gasteiger partial charge in [0.25, 0.3) is 0 Å². The molecular weight excluding hydrogens is 619 g/mol. The molecule has 2 aliphatic rings. The van der Waals surface area contributed by atoms with Crippen LogP contribution in [-0.2, 0) is 25.1 Å². The molecule has 0 bridgehead atoms. The molecule has 4 rings (SSSR count). The number of guanidine groups is 1. The molecule has 2 fully saturated rings. The second-order valence-electron chi connectivity index (χ2n) is 9.31. The number of rotatable bonds is 10. The van der Waals surface area contributed by atoms with E-state index in [4.69, 9.17) is 25.7 Å². The van der Waals surface area contributed by atoms with Crippen LogP contribution in [0.2, 0.25) is 0 Å². The number of carbonyl (C=O) groups excluding carboxylic acids is 2. The highest BCUT2D eigenvalue weighted by Gasteiger charge is 2.40. The summed E-state index contributed by atoms with van der Waals surface area (Å²) >= 11 is 2.09. The zero-order valence-electron chi connectivity index (χ0n) is 21.7. The molecule has 0 aliphatic carbocycles. The highest BCUT2D eigenvalue weighted by Crippen LogP contribution is 2.25. The van der Waals surface area contributed by atoms with Crippen molar-refractivity contribution < 1.29 is 23.8 Å². The summed E-state index contributed by atoms with van der Waals surface area (Å²) < 4.78 is 16.2. The minimum Gasteiger partial charge on any atom is -0.468 e. The Morgan fingerprint density at radius 1 is 1.13 bits per heavy atom. The van der Waals surface area contributed by atoms with Gasteiger partial charge in [-0.25, -0.2) is 9.97 Å². The van der Waals surface area contributed by atoms with Crippen molar-refractivity contribution in [3.8, 4) is 5.75 Å². The van der Waals surface area contributed by atoms with Crippen LogP contribution >= 0.6 is 22.6 Å². The molecule has 2 aliphatic heterocycles. The summed E-state index contributed by atoms with van der Waals surface area (Å²) in [7, 11) is 1.61. The van der Waals surface area contributed by atoms with E-state index >= 15 is 0 Å². The van der Waals surface area contributed by atoms with Gasteiger partial charge in [-0.2, -0.15) is 4.99 Å². The quantitative estimate of drug-likeness (QED) is 0.124. The van der Waals surface area contributed by atoms with Crippen LogP contribution in [0.1, 0.15) is 34.6 Å². The van der Waals surface area contributed by atoms with Gasteiger partial charge >= 0.3 is 5.91 Å². The second-order valence-corrected chi connectivity index (χ2v) is 10.1. The summed E-state index contributed by atoms with van der Waals surface area (Å²) in [6.07, 6.45) is 1.75. The SMILES string of the molecule is COCCOCOc1ccc(CC(=O)N2CCC3(CC2)CN/C(=N\C(=O)c2nc(CI)c(N)nc2N)N3)cc1. The molecule has 6 N–H and O–H groups in total. The van der Waals surface area contributed by atoms with E-state index in [2.05, 4.69) is 48.2 Å². The Balaban J connectivity index is 1.26. The maximum atomic E-state index is 12.9. The molecule has 14 heteroatoms. The molecule has 0 saturated carbocycles. The number of nitrogens with two attached hydrogens (primary N) is 2. The number of methoxy groups -OCH3 is 1. The van der Waals surface area contributed by atoms with E-state index in [1.54, 1.807) is 7.11 Å². The molecule has 2 saturated heterocycles. The Kier molecular flexibility index (Phi) is 9.74. The van der Waals surface area contributed by atoms with E-state index in [0.29, 0.717) is 61.1 Å². The smallest absolute Gasteiger partial charge is 0.302 e. The standard InChI is InChI=1S/C25H33IN8O5/c1-37-10-11-38-15-39-17-4-2-16(3-5-17)12-19(35)34-8-6-25(7-9-34)14-29-24(33-25)32-23(36)20-22(28)31-21(27)18(13-26)30-20/h2-5H,6-15H2,1H3,(H4,27,28,31)(H2,29,32,33,36). The third kappa shape index (κ3) is 7.45. The van der Waals surface area contributed by atoms with Gasteiger partial charge in [-0.3, -0.25) is 9.59 Å². The number of hydrogen-bond acceptors (Lipinski definition) is 9. The fraction of sp³-hybridized carbons (Fsp3) is 0.480. The Hall–Kier alpha value is -3.24. The number of amides is 2. The molecule has 210 valence electrons. The fourth-order valence-electron chi connectivity index (χ4n) is 4.35. The van der Waals surface area contributed by atoms with Crippen LogP contribution in [0.5, 0.6) is 5.75 Å². The first-order chi connectivity index (χ1) is 18.8. The average molecular weight is 652 g/mol. The highest BCUT2D eigenvalue weighted by atomic mass is 127. The number of alkyl halides is 1. The van der Waals surface area contributed by atoms with Crippen LogP contribution in [0.3, 0.4) is 0 Å². The van der Waals surface area contributed by atoms with Crippen molar-refractivity contribution in [3.05, 3.63) is 41.2 Å². The molecule has 2 amide bonds. The fourth-order valence-corrected chi connectivity index (χ4v) is 4.92. The Bertz CT molecular complexity index is 1200. The lowest BCUT2D eigenvalue weighted by atomic mass is 9.88. The van der Waals surface area contributed by atoms with Crippen LogP contribution in [0, 0.1) is 0 Å². The van der Waals surface area contributed by atoms with Gasteiger partial charge < -0.3 is 41.2 Å². The normalized spacial score (nSPS) is 17.2. The number of piperidine rings is 1. The summed E-state index contributed by atoms with van der Waals surface area (Å²) in [6, 6.07) is 7.43.